The summed E-state index contributed by atoms with van der Waals surface area (Å²) in [5.41, 5.74) is 2.62. The number of nitrogens with zero attached hydrogens (tertiary/aromatic N) is 1. The molecule has 10 nitrogen and oxygen atoms in total. The first kappa shape index (κ1) is 27.9. The zero-order valence-corrected chi connectivity index (χ0v) is 24.9. The number of aromatic nitrogens is 1. The van der Waals surface area contributed by atoms with E-state index in [2.05, 4.69) is 10.3 Å². The Morgan fingerprint density at radius 2 is 1.84 bits per heavy atom. The van der Waals surface area contributed by atoms with Gasteiger partial charge in [0.1, 0.15) is 11.8 Å². The van der Waals surface area contributed by atoms with Gasteiger partial charge >= 0.3 is 10.8 Å². The van der Waals surface area contributed by atoms with Crippen molar-refractivity contribution in [1.29, 1.82) is 0 Å². The number of nitrogens with one attached hydrogen (secondary N) is 2. The molecule has 2 saturated carbocycles. The van der Waals surface area contributed by atoms with Crippen LogP contribution in [0.25, 0.3) is 0 Å². The predicted molar refractivity (Wildman–Crippen MR) is 159 cm³/mol. The highest BCUT2D eigenvalue weighted by molar-refractivity contribution is 8.00. The predicted octanol–water partition coefficient (Wildman–Crippen LogP) is 3.71. The van der Waals surface area contributed by atoms with Crippen molar-refractivity contribution in [3.8, 4) is 5.75 Å². The number of carboxylic acid groups (broad SMARTS) is 1. The lowest BCUT2D eigenvalue weighted by atomic mass is 9.68. The Hall–Kier alpha value is -3.90. The second-order valence-electron chi connectivity index (χ2n) is 11.8. The highest BCUT2D eigenvalue weighted by Crippen LogP contribution is 2.68. The van der Waals surface area contributed by atoms with Gasteiger partial charge in [-0.15, -0.1) is 11.8 Å². The van der Waals surface area contributed by atoms with Gasteiger partial charge in [0.15, 0.2) is 6.61 Å². The van der Waals surface area contributed by atoms with E-state index < -0.39 is 35.7 Å². The molecule has 12 heteroatoms. The molecule has 2 aromatic carbocycles. The summed E-state index contributed by atoms with van der Waals surface area (Å²) in [5, 5.41) is 13.2. The quantitative estimate of drug-likeness (QED) is 0.340. The van der Waals surface area contributed by atoms with Crippen molar-refractivity contribution in [3.05, 3.63) is 74.2 Å². The van der Waals surface area contributed by atoms with Crippen molar-refractivity contribution in [2.75, 3.05) is 11.9 Å². The third-order valence-corrected chi connectivity index (χ3v) is 12.0. The van der Waals surface area contributed by atoms with E-state index in [9.17, 15) is 29.1 Å². The molecule has 2 aliphatic carbocycles. The van der Waals surface area contributed by atoms with Gasteiger partial charge in [0.05, 0.1) is 16.9 Å². The first-order valence-corrected chi connectivity index (χ1v) is 15.9. The first-order chi connectivity index (χ1) is 20.6. The number of carbonyl (C=O) groups is 4. The number of ether oxygens (including phenoxy) is 1. The van der Waals surface area contributed by atoms with Crippen molar-refractivity contribution < 1.29 is 29.0 Å². The van der Waals surface area contributed by atoms with Crippen LogP contribution in [-0.4, -0.2) is 56.6 Å². The number of hydrogen-bond donors (Lipinski definition) is 3. The minimum atomic E-state index is -1.22. The summed E-state index contributed by atoms with van der Waals surface area (Å²) in [6, 6.07) is 13.8. The van der Waals surface area contributed by atoms with Crippen LogP contribution in [0.2, 0.25) is 0 Å². The van der Waals surface area contributed by atoms with Crippen LogP contribution >= 0.6 is 23.1 Å². The molecule has 222 valence electrons. The normalized spacial score (nSPS) is 29.2. The number of aliphatic carboxylic acids is 1. The van der Waals surface area contributed by atoms with Crippen molar-refractivity contribution in [2.45, 2.75) is 42.5 Å². The molecule has 8 atom stereocenters. The van der Waals surface area contributed by atoms with Gasteiger partial charge in [0.2, 0.25) is 11.8 Å². The van der Waals surface area contributed by atoms with Crippen LogP contribution < -0.4 is 14.9 Å². The third-order valence-electron chi connectivity index (χ3n) is 9.39. The van der Waals surface area contributed by atoms with E-state index in [1.54, 1.807) is 17.8 Å². The Bertz CT molecular complexity index is 1730. The lowest BCUT2D eigenvalue weighted by Gasteiger charge is -2.43. The zero-order valence-electron chi connectivity index (χ0n) is 23.3. The molecule has 3 heterocycles. The summed E-state index contributed by atoms with van der Waals surface area (Å²) in [6.45, 7) is 3.14. The lowest BCUT2D eigenvalue weighted by Crippen LogP contribution is -2.44. The molecule has 7 unspecified atom stereocenters. The van der Waals surface area contributed by atoms with E-state index >= 15 is 0 Å². The Labute approximate surface area is 254 Å². The topological polar surface area (TPSA) is 146 Å². The molecule has 7 rings (SSSR count). The van der Waals surface area contributed by atoms with Crippen molar-refractivity contribution >= 4 is 52.5 Å². The minimum absolute atomic E-state index is 0.0180. The Morgan fingerprint density at radius 1 is 1.09 bits per heavy atom. The Kier molecular flexibility index (Phi) is 6.73. The van der Waals surface area contributed by atoms with Crippen molar-refractivity contribution in [1.82, 2.24) is 9.88 Å². The van der Waals surface area contributed by atoms with Gasteiger partial charge < -0.3 is 20.1 Å². The van der Waals surface area contributed by atoms with Gasteiger partial charge in [-0.05, 0) is 73.4 Å². The fourth-order valence-corrected chi connectivity index (χ4v) is 10.7. The number of imide groups is 1. The molecule has 2 bridgehead atoms. The van der Waals surface area contributed by atoms with Gasteiger partial charge in [0.25, 0.3) is 5.91 Å². The Morgan fingerprint density at radius 3 is 2.58 bits per heavy atom. The largest absolute Gasteiger partial charge is 0.484 e. The molecule has 1 aromatic heterocycles. The molecule has 43 heavy (non-hydrogen) atoms. The SMILES string of the molecule is Cc1cccc(NC(=O)COc2cccc([C@H]3c4sc(=O)[nH]c4SC4C5CC(C6C(=O)N(C(C)C(=O)O)C(=O)C56)C43)c2)c1. The third kappa shape index (κ3) is 4.50. The van der Waals surface area contributed by atoms with Gasteiger partial charge in [0, 0.05) is 21.7 Å². The monoisotopic (exact) mass is 619 g/mol. The number of likely N-dealkylation sites (tertiary alicyclic amines) is 1. The number of thioether (sulfide) groups is 1. The molecular formula is C31H29N3O7S2. The molecule has 3 fully saturated rings. The standard InChI is InChI=1S/C31H29N3O7S2/c1-13-5-3-7-16(9-13)32-20(35)12-41-17-8-4-6-15(10-17)21-22-18-11-19(25(22)42-27-26(21)43-31(40)33-27)24-23(18)28(36)34(29(24)37)14(2)30(38)39/h3-10,14,18-19,21-25H,11-12H2,1-2H3,(H,32,35)(H,33,40)(H,38,39)/t14?,18?,19?,21-,22?,23?,24?,25?/m1/s1. The van der Waals surface area contributed by atoms with Gasteiger partial charge in [-0.2, -0.15) is 0 Å². The first-order valence-electron chi connectivity index (χ1n) is 14.2. The highest BCUT2D eigenvalue weighted by atomic mass is 32.2. The Balaban J connectivity index is 1.18. The second kappa shape index (κ2) is 10.4. The summed E-state index contributed by atoms with van der Waals surface area (Å²) < 4.78 is 5.89. The van der Waals surface area contributed by atoms with Crippen molar-refractivity contribution in [2.24, 2.45) is 29.6 Å². The smallest absolute Gasteiger partial charge is 0.326 e. The van der Waals surface area contributed by atoms with E-state index in [0.717, 1.165) is 37.3 Å². The molecule has 0 spiro atoms. The summed E-state index contributed by atoms with van der Waals surface area (Å²) in [4.78, 5) is 68.5. The number of benzene rings is 2. The number of carboxylic acids is 1. The van der Waals surface area contributed by atoms with Gasteiger partial charge in [-0.3, -0.25) is 24.1 Å². The number of aryl methyl sites for hydroxylation is 1. The van der Waals surface area contributed by atoms with Gasteiger partial charge in [-0.25, -0.2) is 4.79 Å². The maximum Gasteiger partial charge on any atom is 0.326 e. The molecule has 3 amide bonds. The van der Waals surface area contributed by atoms with E-state index in [4.69, 9.17) is 4.74 Å². The number of H-pyrrole nitrogens is 1. The van der Waals surface area contributed by atoms with Crippen LogP contribution in [0.4, 0.5) is 5.69 Å². The van der Waals surface area contributed by atoms with Gasteiger partial charge in [-0.1, -0.05) is 35.6 Å². The van der Waals surface area contributed by atoms with Crippen molar-refractivity contribution in [3.63, 3.8) is 0 Å². The summed E-state index contributed by atoms with van der Waals surface area (Å²) >= 11 is 2.73. The molecule has 1 saturated heterocycles. The summed E-state index contributed by atoms with van der Waals surface area (Å²) in [7, 11) is 0. The lowest BCUT2D eigenvalue weighted by molar-refractivity contribution is -0.154. The maximum absolute atomic E-state index is 13.6. The fourth-order valence-electron chi connectivity index (χ4n) is 7.77. The summed E-state index contributed by atoms with van der Waals surface area (Å²) in [5.74, 6) is -3.37. The van der Waals surface area contributed by atoms with Crippen LogP contribution in [0.3, 0.4) is 0 Å². The molecule has 4 aliphatic rings. The number of anilines is 1. The number of carbonyl (C=O) groups excluding carboxylic acids is 3. The average Bonchev–Trinajstić information content (AvgIpc) is 3.70. The minimum Gasteiger partial charge on any atom is -0.484 e. The second-order valence-corrected chi connectivity index (χ2v) is 14.0. The number of hydrogen-bond acceptors (Lipinski definition) is 8. The van der Waals surface area contributed by atoms with E-state index in [-0.39, 0.29) is 46.3 Å². The van der Waals surface area contributed by atoms with E-state index in [0.29, 0.717) is 17.9 Å². The molecule has 3 aromatic rings. The van der Waals surface area contributed by atoms with E-state index in [1.165, 1.54) is 6.92 Å². The summed E-state index contributed by atoms with van der Waals surface area (Å²) in [6.07, 6.45) is 0.704. The average molecular weight is 620 g/mol. The van der Waals surface area contributed by atoms with Crippen LogP contribution in [0.1, 0.15) is 35.3 Å². The number of rotatable bonds is 7. The molecular weight excluding hydrogens is 590 g/mol. The number of fused-ring (bicyclic) bond motifs is 9. The van der Waals surface area contributed by atoms with Crippen LogP contribution in [0.5, 0.6) is 5.75 Å². The van der Waals surface area contributed by atoms with Crippen LogP contribution in [-0.2, 0) is 19.2 Å². The van der Waals surface area contributed by atoms with Crippen LogP contribution in [0, 0.1) is 36.5 Å². The zero-order chi connectivity index (χ0) is 30.2. The maximum atomic E-state index is 13.6. The molecule has 2 aliphatic heterocycles. The molecule has 3 N–H and O–H groups in total. The number of aromatic amines is 1. The van der Waals surface area contributed by atoms with Crippen LogP contribution in [0.15, 0.2) is 58.4 Å². The highest BCUT2D eigenvalue weighted by Gasteiger charge is 2.70. The molecule has 0 radical (unpaired) electrons. The fraction of sp³-hybridized carbons (Fsp3) is 0.387. The van der Waals surface area contributed by atoms with E-state index in [1.807, 2.05) is 49.4 Å². The number of amides is 3. The number of thiazole rings is 1.